The maximum absolute atomic E-state index is 12.9. The van der Waals surface area contributed by atoms with Gasteiger partial charge in [0.25, 0.3) is 0 Å². The number of aliphatic hydroxyl groups excluding tert-OH is 1. The van der Waals surface area contributed by atoms with Gasteiger partial charge < -0.3 is 24.2 Å². The third kappa shape index (κ3) is 54.2. The number of carbonyl (C=O) groups is 3. The molecule has 0 aromatic carbocycles. The number of hydrogen-bond donors (Lipinski definition) is 2. The summed E-state index contributed by atoms with van der Waals surface area (Å²) in [6.07, 6.45) is 72.5. The number of unbranched alkanes of at least 4 members (excludes halogenated alkanes) is 10. The molecule has 0 bridgehead atoms. The molecule has 0 aliphatic rings. The first-order valence-corrected chi connectivity index (χ1v) is 30.2. The molecule has 428 valence electrons. The number of hydrogen-bond acceptors (Lipinski definition) is 10. The molecule has 0 aromatic rings. The molecule has 0 aliphatic heterocycles. The zero-order valence-corrected chi connectivity index (χ0v) is 48.0. The summed E-state index contributed by atoms with van der Waals surface area (Å²) in [6.45, 7) is 4.15. The van der Waals surface area contributed by atoms with E-state index in [0.29, 0.717) is 19.3 Å². The Kier molecular flexibility index (Phi) is 53.1. The van der Waals surface area contributed by atoms with Gasteiger partial charge in [0.1, 0.15) is 12.7 Å². The Hall–Kier alpha value is -4.64. The van der Waals surface area contributed by atoms with Crippen LogP contribution >= 0.6 is 7.82 Å². The van der Waals surface area contributed by atoms with Crippen molar-refractivity contribution in [2.45, 2.75) is 213 Å². The average molecular weight is 1080 g/mol. The van der Waals surface area contributed by atoms with Gasteiger partial charge in [0.05, 0.1) is 19.8 Å². The molecule has 0 spiro atoms. The van der Waals surface area contributed by atoms with Crippen LogP contribution in [0.5, 0.6) is 0 Å². The smallest absolute Gasteiger partial charge is 0.462 e. The monoisotopic (exact) mass is 1080 g/mol. The molecule has 0 saturated carbocycles. The predicted octanol–water partition coefficient (Wildman–Crippen LogP) is 17.1. The van der Waals surface area contributed by atoms with E-state index < -0.39 is 57.8 Å². The second-order valence-corrected chi connectivity index (χ2v) is 19.8. The van der Waals surface area contributed by atoms with Crippen molar-refractivity contribution in [2.24, 2.45) is 0 Å². The number of rotatable bonds is 51. The van der Waals surface area contributed by atoms with Crippen LogP contribution in [0.1, 0.15) is 201 Å². The highest BCUT2D eigenvalue weighted by Gasteiger charge is 2.28. The van der Waals surface area contributed by atoms with Crippen molar-refractivity contribution in [3.05, 3.63) is 146 Å². The average Bonchev–Trinajstić information content (AvgIpc) is 3.41. The zero-order chi connectivity index (χ0) is 55.5. The number of esters is 3. The van der Waals surface area contributed by atoms with Crippen molar-refractivity contribution in [3.8, 4) is 0 Å². The molecule has 76 heavy (non-hydrogen) atoms. The number of carbonyl (C=O) groups excluding carboxylic acids is 3. The molecule has 3 unspecified atom stereocenters. The van der Waals surface area contributed by atoms with Crippen LogP contribution in [0.2, 0.25) is 0 Å². The van der Waals surface area contributed by atoms with Crippen LogP contribution in [0.25, 0.3) is 0 Å². The lowest BCUT2D eigenvalue weighted by molar-refractivity contribution is -0.161. The molecule has 0 aromatic heterocycles. The van der Waals surface area contributed by atoms with E-state index in [1.165, 1.54) is 6.42 Å². The van der Waals surface area contributed by atoms with E-state index in [4.69, 9.17) is 23.3 Å². The van der Waals surface area contributed by atoms with Crippen molar-refractivity contribution >= 4 is 25.7 Å². The van der Waals surface area contributed by atoms with Gasteiger partial charge >= 0.3 is 25.7 Å². The number of phosphoric ester groups is 1. The van der Waals surface area contributed by atoms with Gasteiger partial charge in [0.2, 0.25) is 0 Å². The fourth-order valence-electron chi connectivity index (χ4n) is 7.00. The molecule has 12 heteroatoms. The highest BCUT2D eigenvalue weighted by molar-refractivity contribution is 7.47. The van der Waals surface area contributed by atoms with Gasteiger partial charge in [0.15, 0.2) is 6.10 Å². The Morgan fingerprint density at radius 1 is 0.368 bits per heavy atom. The number of allylic oxidation sites excluding steroid dienone is 24. The maximum Gasteiger partial charge on any atom is 0.472 e. The Bertz CT molecular complexity index is 1830. The summed E-state index contributed by atoms with van der Waals surface area (Å²) in [6, 6.07) is 0. The fraction of sp³-hybridized carbons (Fsp3) is 0.578. The van der Waals surface area contributed by atoms with E-state index in [2.05, 4.69) is 148 Å². The fourth-order valence-corrected chi connectivity index (χ4v) is 7.78. The quantitative estimate of drug-likeness (QED) is 0.0197. The topological polar surface area (TPSA) is 155 Å². The minimum Gasteiger partial charge on any atom is -0.462 e. The van der Waals surface area contributed by atoms with Gasteiger partial charge in [-0.1, -0.05) is 205 Å². The van der Waals surface area contributed by atoms with Crippen LogP contribution in [-0.2, 0) is 42.2 Å². The first-order valence-electron chi connectivity index (χ1n) is 28.7. The summed E-state index contributed by atoms with van der Waals surface area (Å²) in [4.78, 5) is 48.5. The van der Waals surface area contributed by atoms with Crippen LogP contribution in [0, 0.1) is 0 Å². The summed E-state index contributed by atoms with van der Waals surface area (Å²) in [7, 11) is -4.79. The molecule has 0 saturated heterocycles. The van der Waals surface area contributed by atoms with Crippen molar-refractivity contribution in [3.63, 3.8) is 0 Å². The summed E-state index contributed by atoms with van der Waals surface area (Å²) < 4.78 is 39.4. The van der Waals surface area contributed by atoms with Crippen LogP contribution in [0.4, 0.5) is 0 Å². The van der Waals surface area contributed by atoms with Crippen molar-refractivity contribution < 1.29 is 52.2 Å². The highest BCUT2D eigenvalue weighted by Crippen LogP contribution is 2.43. The van der Waals surface area contributed by atoms with E-state index in [0.717, 1.165) is 135 Å². The second kappa shape index (κ2) is 56.6. The molecule has 0 amide bonds. The summed E-state index contributed by atoms with van der Waals surface area (Å²) >= 11 is 0. The maximum atomic E-state index is 12.9. The first-order chi connectivity index (χ1) is 37.2. The minimum atomic E-state index is -4.79. The van der Waals surface area contributed by atoms with Crippen molar-refractivity contribution in [2.75, 3.05) is 26.4 Å². The molecule has 0 radical (unpaired) electrons. The Morgan fingerprint density at radius 3 is 1.08 bits per heavy atom. The Morgan fingerprint density at radius 2 is 0.671 bits per heavy atom. The number of phosphoric acid groups is 1. The van der Waals surface area contributed by atoms with Crippen LogP contribution < -0.4 is 0 Å². The largest absolute Gasteiger partial charge is 0.472 e. The van der Waals surface area contributed by atoms with Gasteiger partial charge in [-0.25, -0.2) is 4.57 Å². The molecule has 0 fully saturated rings. The van der Waals surface area contributed by atoms with E-state index in [-0.39, 0.29) is 25.9 Å². The van der Waals surface area contributed by atoms with E-state index in [9.17, 15) is 28.9 Å². The van der Waals surface area contributed by atoms with Gasteiger partial charge in [-0.3, -0.25) is 23.4 Å². The Balaban J connectivity index is 4.89. The Labute approximate surface area is 461 Å². The molecular formula is C64H101O11P. The zero-order valence-electron chi connectivity index (χ0n) is 47.2. The highest BCUT2D eigenvalue weighted by atomic mass is 31.2. The third-order valence-electron chi connectivity index (χ3n) is 11.3. The van der Waals surface area contributed by atoms with Crippen LogP contribution in [-0.4, -0.2) is 66.5 Å². The number of aliphatic hydroxyl groups is 1. The summed E-state index contributed by atoms with van der Waals surface area (Å²) in [5, 5.41) is 9.79. The molecule has 11 nitrogen and oxygen atoms in total. The molecular weight excluding hydrogens is 976 g/mol. The number of ether oxygens (including phenoxy) is 3. The minimum absolute atomic E-state index is 0.0448. The molecule has 0 aliphatic carbocycles. The molecule has 0 rings (SSSR count). The summed E-state index contributed by atoms with van der Waals surface area (Å²) in [5.41, 5.74) is 0. The van der Waals surface area contributed by atoms with Crippen LogP contribution in [0.3, 0.4) is 0 Å². The van der Waals surface area contributed by atoms with Gasteiger partial charge in [-0.05, 0) is 122 Å². The van der Waals surface area contributed by atoms with Gasteiger partial charge in [0, 0.05) is 19.3 Å². The summed E-state index contributed by atoms with van der Waals surface area (Å²) in [5.74, 6) is -1.62. The van der Waals surface area contributed by atoms with Crippen molar-refractivity contribution in [1.82, 2.24) is 0 Å². The normalized spacial score (nSPS) is 14.4. The van der Waals surface area contributed by atoms with E-state index in [1.807, 2.05) is 18.2 Å². The van der Waals surface area contributed by atoms with Gasteiger partial charge in [-0.15, -0.1) is 0 Å². The molecule has 0 heterocycles. The standard InChI is InChI=1S/C64H101O11P/c1-4-7-10-13-16-19-22-25-27-29-30-32-34-37-40-43-46-49-52-55-64(68)75-61(57-71-62(66)53-50-47-44-41-38-36-33-31-28-26-23-20-17-14-11-8-5-2)59-73-76(69,70)72-58-60(56-65)74-63(67)54-51-48-45-42-39-35-24-21-18-15-12-9-6-3/h7-12,16-21,25-28,30,32,35,37,39-40,45,48,60-61,65H,4-6,13-15,22-24,29,31,33-34,36,38,41-44,46-47,49-59H2,1-3H3,(H,69,70)/b10-7-,11-8-,12-9-,19-16-,20-17-,21-18-,27-25-,28-26-,32-30-,39-35-,40-37-,48-45-. The van der Waals surface area contributed by atoms with Gasteiger partial charge in [-0.2, -0.15) is 0 Å². The van der Waals surface area contributed by atoms with E-state index in [1.54, 1.807) is 0 Å². The molecule has 3 atom stereocenters. The van der Waals surface area contributed by atoms with Crippen molar-refractivity contribution in [1.29, 1.82) is 0 Å². The van der Waals surface area contributed by atoms with E-state index >= 15 is 0 Å². The van der Waals surface area contributed by atoms with Crippen LogP contribution in [0.15, 0.2) is 146 Å². The first kappa shape index (κ1) is 71.4. The second-order valence-electron chi connectivity index (χ2n) is 18.3. The lowest BCUT2D eigenvalue weighted by atomic mass is 10.1. The third-order valence-corrected chi connectivity index (χ3v) is 12.2. The predicted molar refractivity (Wildman–Crippen MR) is 316 cm³/mol. The molecule has 2 N–H and O–H groups in total. The SMILES string of the molecule is CC/C=C\C/C=C\C/C=C\C/C=C\C/C=C\CCCCCC(=O)OC(COC(=O)CCCCCCCCC/C=C\C/C=C\C/C=C\CC)COP(=O)(O)OCC(CO)OC(=O)CC/C=C\C/C=C\C/C=C\C/C=C\CC. The lowest BCUT2D eigenvalue weighted by Gasteiger charge is -2.21. The lowest BCUT2D eigenvalue weighted by Crippen LogP contribution is -2.30.